The number of carboxylic acid groups (broad SMARTS) is 1. The van der Waals surface area contributed by atoms with Crippen molar-refractivity contribution in [3.63, 3.8) is 0 Å². The van der Waals surface area contributed by atoms with Gasteiger partial charge in [-0.2, -0.15) is 0 Å². The quantitative estimate of drug-likeness (QED) is 0.582. The summed E-state index contributed by atoms with van der Waals surface area (Å²) in [6.07, 6.45) is 0. The van der Waals surface area contributed by atoms with Crippen molar-refractivity contribution in [1.82, 2.24) is 9.62 Å². The van der Waals surface area contributed by atoms with Crippen LogP contribution in [0.1, 0.15) is 24.2 Å². The van der Waals surface area contributed by atoms with E-state index in [1.165, 1.54) is 18.2 Å². The number of ether oxygens (including phenoxy) is 1. The molecule has 0 aliphatic rings. The Balaban J connectivity index is 2.42. The van der Waals surface area contributed by atoms with Gasteiger partial charge in [0.2, 0.25) is 10.0 Å². The monoisotopic (exact) mass is 344 g/mol. The Morgan fingerprint density at radius 3 is 2.57 bits per heavy atom. The van der Waals surface area contributed by atoms with Crippen molar-refractivity contribution >= 4 is 16.0 Å². The molecule has 7 nitrogen and oxygen atoms in total. The first-order valence-electron chi connectivity index (χ1n) is 7.53. The lowest BCUT2D eigenvalue weighted by atomic mass is 10.2. The molecule has 0 atom stereocenters. The highest BCUT2D eigenvalue weighted by Crippen LogP contribution is 2.11. The lowest BCUT2D eigenvalue weighted by Gasteiger charge is -2.17. The lowest BCUT2D eigenvalue weighted by Crippen LogP contribution is -2.30. The number of aromatic carboxylic acids is 1. The molecule has 8 heteroatoms. The summed E-state index contributed by atoms with van der Waals surface area (Å²) in [5.74, 6) is -1.17. The number of nitrogens with one attached hydrogen (secondary N) is 1. The van der Waals surface area contributed by atoms with E-state index in [2.05, 4.69) is 23.5 Å². The predicted molar refractivity (Wildman–Crippen MR) is 87.2 cm³/mol. The molecule has 1 aromatic carbocycles. The first-order valence-corrected chi connectivity index (χ1v) is 9.02. The number of hydrogen-bond acceptors (Lipinski definition) is 5. The maximum absolute atomic E-state index is 12.1. The SMILES string of the molecule is CCN(CC)CCOCCNS(=O)(=O)c1cccc(C(=O)O)c1. The van der Waals surface area contributed by atoms with Gasteiger partial charge in [-0.05, 0) is 31.3 Å². The van der Waals surface area contributed by atoms with Crippen molar-refractivity contribution < 1.29 is 23.1 Å². The molecule has 1 aromatic rings. The van der Waals surface area contributed by atoms with Crippen LogP contribution in [0.2, 0.25) is 0 Å². The summed E-state index contributed by atoms with van der Waals surface area (Å²) in [7, 11) is -3.73. The standard InChI is InChI=1S/C15H24N2O5S/c1-3-17(4-2)9-11-22-10-8-16-23(20,21)14-7-5-6-13(12-14)15(18)19/h5-7,12,16H,3-4,8-11H2,1-2H3,(H,18,19). The summed E-state index contributed by atoms with van der Waals surface area (Å²) in [6, 6.07) is 5.23. The van der Waals surface area contributed by atoms with E-state index < -0.39 is 16.0 Å². The van der Waals surface area contributed by atoms with Crippen molar-refractivity contribution in [1.29, 1.82) is 0 Å². The number of benzene rings is 1. The zero-order valence-electron chi connectivity index (χ0n) is 13.5. The molecule has 130 valence electrons. The summed E-state index contributed by atoms with van der Waals surface area (Å²) in [4.78, 5) is 13.0. The molecule has 0 unspecified atom stereocenters. The van der Waals surface area contributed by atoms with Gasteiger partial charge in [0.15, 0.2) is 0 Å². The van der Waals surface area contributed by atoms with Gasteiger partial charge in [0.05, 0.1) is 23.7 Å². The van der Waals surface area contributed by atoms with Gasteiger partial charge >= 0.3 is 5.97 Å². The lowest BCUT2D eigenvalue weighted by molar-refractivity contribution is 0.0696. The highest BCUT2D eigenvalue weighted by Gasteiger charge is 2.15. The molecule has 0 aliphatic heterocycles. The number of carboxylic acids is 1. The van der Waals surface area contributed by atoms with Gasteiger partial charge in [0.25, 0.3) is 0 Å². The molecule has 0 radical (unpaired) electrons. The third kappa shape index (κ3) is 6.66. The van der Waals surface area contributed by atoms with Crippen LogP contribution >= 0.6 is 0 Å². The molecule has 0 aromatic heterocycles. The molecule has 23 heavy (non-hydrogen) atoms. The molecule has 0 aliphatic carbocycles. The Kier molecular flexibility index (Phi) is 8.18. The van der Waals surface area contributed by atoms with Crippen LogP contribution in [0.25, 0.3) is 0 Å². The smallest absolute Gasteiger partial charge is 0.335 e. The zero-order valence-corrected chi connectivity index (χ0v) is 14.3. The summed E-state index contributed by atoms with van der Waals surface area (Å²) in [6.45, 7) is 7.79. The fraction of sp³-hybridized carbons (Fsp3) is 0.533. The van der Waals surface area contributed by atoms with Crippen molar-refractivity contribution in [3.05, 3.63) is 29.8 Å². The molecule has 0 bridgehead atoms. The van der Waals surface area contributed by atoms with Gasteiger partial charge < -0.3 is 14.7 Å². The number of carbonyl (C=O) groups is 1. The van der Waals surface area contributed by atoms with Crippen LogP contribution in [0.15, 0.2) is 29.2 Å². The van der Waals surface area contributed by atoms with E-state index in [1.54, 1.807) is 0 Å². The molecule has 1 rings (SSSR count). The Morgan fingerprint density at radius 1 is 1.26 bits per heavy atom. The number of hydrogen-bond donors (Lipinski definition) is 2. The second-order valence-electron chi connectivity index (χ2n) is 4.87. The van der Waals surface area contributed by atoms with Gasteiger partial charge in [-0.25, -0.2) is 17.9 Å². The fourth-order valence-corrected chi connectivity index (χ4v) is 3.02. The molecule has 0 amide bonds. The van der Waals surface area contributed by atoms with Gasteiger partial charge in [-0.3, -0.25) is 0 Å². The van der Waals surface area contributed by atoms with E-state index in [9.17, 15) is 13.2 Å². The summed E-state index contributed by atoms with van der Waals surface area (Å²) >= 11 is 0. The van der Waals surface area contributed by atoms with E-state index in [0.717, 1.165) is 25.7 Å². The van der Waals surface area contributed by atoms with E-state index >= 15 is 0 Å². The van der Waals surface area contributed by atoms with Crippen molar-refractivity contribution in [2.24, 2.45) is 0 Å². The highest BCUT2D eigenvalue weighted by atomic mass is 32.2. The van der Waals surface area contributed by atoms with E-state index in [0.29, 0.717) is 6.61 Å². The second kappa shape index (κ2) is 9.61. The summed E-state index contributed by atoms with van der Waals surface area (Å²) in [5, 5.41) is 8.89. The van der Waals surface area contributed by atoms with E-state index in [4.69, 9.17) is 9.84 Å². The number of rotatable bonds is 11. The Morgan fingerprint density at radius 2 is 1.96 bits per heavy atom. The third-order valence-corrected chi connectivity index (χ3v) is 4.83. The first kappa shape index (κ1) is 19.6. The summed E-state index contributed by atoms with van der Waals surface area (Å²) < 4.78 is 31.9. The van der Waals surface area contributed by atoms with E-state index in [1.807, 2.05) is 0 Å². The van der Waals surface area contributed by atoms with Crippen molar-refractivity contribution in [2.75, 3.05) is 39.4 Å². The fourth-order valence-electron chi connectivity index (χ4n) is 1.96. The first-order chi connectivity index (χ1) is 10.9. The maximum Gasteiger partial charge on any atom is 0.335 e. The van der Waals surface area contributed by atoms with E-state index in [-0.39, 0.29) is 23.6 Å². The van der Waals surface area contributed by atoms with Crippen LogP contribution in [-0.2, 0) is 14.8 Å². The zero-order chi connectivity index (χ0) is 17.3. The molecule has 0 saturated heterocycles. The normalized spacial score (nSPS) is 11.8. The van der Waals surface area contributed by atoms with Crippen LogP contribution < -0.4 is 4.72 Å². The summed E-state index contributed by atoms with van der Waals surface area (Å²) in [5.41, 5.74) is -0.0663. The van der Waals surface area contributed by atoms with Crippen LogP contribution in [0.4, 0.5) is 0 Å². The van der Waals surface area contributed by atoms with Gasteiger partial charge in [-0.15, -0.1) is 0 Å². The molecule has 2 N–H and O–H groups in total. The minimum absolute atomic E-state index is 0.0663. The maximum atomic E-state index is 12.1. The van der Waals surface area contributed by atoms with Crippen molar-refractivity contribution in [3.8, 4) is 0 Å². The molecule has 0 fully saturated rings. The van der Waals surface area contributed by atoms with Crippen molar-refractivity contribution in [2.45, 2.75) is 18.7 Å². The minimum atomic E-state index is -3.73. The van der Waals surface area contributed by atoms with Crippen LogP contribution in [-0.4, -0.2) is 63.8 Å². The average Bonchev–Trinajstić information content (AvgIpc) is 2.54. The predicted octanol–water partition coefficient (Wildman–Crippen LogP) is 1.02. The number of likely N-dealkylation sites (N-methyl/N-ethyl adjacent to an activating group) is 1. The molecule has 0 spiro atoms. The Hall–Kier alpha value is -1.48. The van der Waals surface area contributed by atoms with Gasteiger partial charge in [-0.1, -0.05) is 19.9 Å². The van der Waals surface area contributed by atoms with Crippen LogP contribution in [0.5, 0.6) is 0 Å². The second-order valence-corrected chi connectivity index (χ2v) is 6.64. The molecular weight excluding hydrogens is 320 g/mol. The Bertz CT molecular complexity index is 600. The third-order valence-electron chi connectivity index (χ3n) is 3.38. The van der Waals surface area contributed by atoms with Crippen LogP contribution in [0.3, 0.4) is 0 Å². The number of sulfonamides is 1. The minimum Gasteiger partial charge on any atom is -0.478 e. The average molecular weight is 344 g/mol. The molecule has 0 saturated carbocycles. The molecule has 0 heterocycles. The topological polar surface area (TPSA) is 95.9 Å². The molecular formula is C15H24N2O5S. The number of nitrogens with zero attached hydrogens (tertiary/aromatic N) is 1. The van der Waals surface area contributed by atoms with Gasteiger partial charge in [0, 0.05) is 13.1 Å². The highest BCUT2D eigenvalue weighted by molar-refractivity contribution is 7.89. The Labute approximate surface area is 137 Å². The largest absolute Gasteiger partial charge is 0.478 e. The van der Waals surface area contributed by atoms with Gasteiger partial charge in [0.1, 0.15) is 0 Å². The van der Waals surface area contributed by atoms with Crippen LogP contribution in [0, 0.1) is 0 Å².